The molecule has 0 bridgehead atoms. The van der Waals surface area contributed by atoms with Crippen LogP contribution in [0.2, 0.25) is 0 Å². The van der Waals surface area contributed by atoms with Crippen LogP contribution in [0.15, 0.2) is 0 Å². The van der Waals surface area contributed by atoms with Gasteiger partial charge >= 0.3 is 5.97 Å². The molecule has 0 atom stereocenters. The molecule has 3 fully saturated rings. The van der Waals surface area contributed by atoms with Crippen LogP contribution in [0, 0.1) is 23.2 Å². The van der Waals surface area contributed by atoms with Gasteiger partial charge in [0.05, 0.1) is 5.41 Å². The summed E-state index contributed by atoms with van der Waals surface area (Å²) in [5, 5.41) is 12.3. The molecule has 0 heterocycles. The summed E-state index contributed by atoms with van der Waals surface area (Å²) in [6.45, 7) is 0. The summed E-state index contributed by atoms with van der Waals surface area (Å²) in [7, 11) is 0. The molecule has 107 valence electrons. The maximum atomic E-state index is 12.3. The van der Waals surface area contributed by atoms with E-state index in [1.54, 1.807) is 0 Å². The van der Waals surface area contributed by atoms with Gasteiger partial charge in [0.2, 0.25) is 0 Å². The van der Waals surface area contributed by atoms with Crippen LogP contribution in [-0.4, -0.2) is 5.97 Å². The maximum Gasteiger partial charge on any atom is 0.362 e. The molecule has 0 aromatic rings. The highest BCUT2D eigenvalue weighted by molar-refractivity contribution is 5.76. The van der Waals surface area contributed by atoms with E-state index in [1.165, 1.54) is 38.5 Å². The molecule has 1 radical (unpaired) electrons. The molecule has 0 amide bonds. The molecular formula is C17H27O2. The Morgan fingerprint density at radius 2 is 0.895 bits per heavy atom. The summed E-state index contributed by atoms with van der Waals surface area (Å²) in [4.78, 5) is 12.3. The minimum atomic E-state index is -0.682. The van der Waals surface area contributed by atoms with Crippen LogP contribution in [0.3, 0.4) is 0 Å². The third-order valence-corrected chi connectivity index (χ3v) is 6.45. The molecule has 0 saturated heterocycles. The van der Waals surface area contributed by atoms with Crippen molar-refractivity contribution in [3.05, 3.63) is 0 Å². The number of rotatable bonds is 4. The molecule has 2 nitrogen and oxygen atoms in total. The van der Waals surface area contributed by atoms with E-state index in [4.69, 9.17) is 0 Å². The second kappa shape index (κ2) is 5.46. The molecule has 0 aromatic heterocycles. The highest BCUT2D eigenvalue weighted by Crippen LogP contribution is 2.58. The number of hydrogen-bond acceptors (Lipinski definition) is 1. The van der Waals surface area contributed by atoms with E-state index in [9.17, 15) is 9.90 Å². The molecule has 0 aliphatic heterocycles. The molecule has 0 unspecified atom stereocenters. The first-order valence-corrected chi connectivity index (χ1v) is 8.47. The Morgan fingerprint density at radius 3 is 1.11 bits per heavy atom. The Balaban J connectivity index is 1.96. The van der Waals surface area contributed by atoms with Crippen molar-refractivity contribution in [1.29, 1.82) is 0 Å². The third-order valence-electron chi connectivity index (χ3n) is 6.45. The average molecular weight is 263 g/mol. The Hall–Kier alpha value is -0.530. The molecule has 0 N–H and O–H groups in total. The second-order valence-electron chi connectivity index (χ2n) is 7.16. The SMILES string of the molecule is [O]C(=O)C(C1CCCC1)(C1CCCC1)C1CCCC1. The van der Waals surface area contributed by atoms with Gasteiger partial charge in [-0.15, -0.1) is 0 Å². The van der Waals surface area contributed by atoms with Gasteiger partial charge < -0.3 is 0 Å². The predicted octanol–water partition coefficient (Wildman–Crippen LogP) is 4.50. The van der Waals surface area contributed by atoms with Crippen molar-refractivity contribution in [3.63, 3.8) is 0 Å². The van der Waals surface area contributed by atoms with Crippen molar-refractivity contribution in [2.24, 2.45) is 23.2 Å². The number of hydrogen-bond donors (Lipinski definition) is 0. The summed E-state index contributed by atoms with van der Waals surface area (Å²) >= 11 is 0. The molecule has 0 aromatic carbocycles. The minimum Gasteiger partial charge on any atom is -0.247 e. The Labute approximate surface area is 117 Å². The summed E-state index contributed by atoms with van der Waals surface area (Å²) in [5.74, 6) is 0.578. The molecule has 3 aliphatic rings. The standard InChI is InChI=1S/C17H27O2/c18-16(19)17(13-7-1-2-8-13,14-9-3-4-10-14)15-11-5-6-12-15/h13-15H,1-12H2. The van der Waals surface area contributed by atoms with Crippen molar-refractivity contribution in [2.45, 2.75) is 77.0 Å². The van der Waals surface area contributed by atoms with E-state index >= 15 is 0 Å². The Morgan fingerprint density at radius 1 is 0.632 bits per heavy atom. The largest absolute Gasteiger partial charge is 0.362 e. The maximum absolute atomic E-state index is 12.3. The van der Waals surface area contributed by atoms with Crippen LogP contribution in [0.1, 0.15) is 77.0 Å². The quantitative estimate of drug-likeness (QED) is 0.735. The molecule has 0 spiro atoms. The van der Waals surface area contributed by atoms with Crippen molar-refractivity contribution in [1.82, 2.24) is 0 Å². The van der Waals surface area contributed by atoms with Gasteiger partial charge in [-0.25, -0.2) is 9.90 Å². The highest BCUT2D eigenvalue weighted by Gasteiger charge is 2.58. The first kappa shape index (κ1) is 13.5. The van der Waals surface area contributed by atoms with E-state index < -0.39 is 11.4 Å². The van der Waals surface area contributed by atoms with Crippen molar-refractivity contribution in [3.8, 4) is 0 Å². The monoisotopic (exact) mass is 263 g/mol. The molecule has 3 rings (SSSR count). The fourth-order valence-corrected chi connectivity index (χ4v) is 5.71. The van der Waals surface area contributed by atoms with Gasteiger partial charge in [0.15, 0.2) is 0 Å². The fraction of sp³-hybridized carbons (Fsp3) is 0.941. The fourth-order valence-electron chi connectivity index (χ4n) is 5.71. The topological polar surface area (TPSA) is 37.0 Å². The molecule has 19 heavy (non-hydrogen) atoms. The lowest BCUT2D eigenvalue weighted by atomic mass is 9.57. The smallest absolute Gasteiger partial charge is 0.247 e. The Kier molecular flexibility index (Phi) is 3.86. The number of carbonyl (C=O) groups is 1. The van der Waals surface area contributed by atoms with Crippen LogP contribution in [-0.2, 0) is 9.90 Å². The van der Waals surface area contributed by atoms with Crippen LogP contribution < -0.4 is 0 Å². The van der Waals surface area contributed by atoms with Gasteiger partial charge in [-0.1, -0.05) is 38.5 Å². The second-order valence-corrected chi connectivity index (χ2v) is 7.16. The van der Waals surface area contributed by atoms with Crippen LogP contribution in [0.25, 0.3) is 0 Å². The summed E-state index contributed by atoms with van der Waals surface area (Å²) in [6.07, 6.45) is 14.3. The molecule has 2 heteroatoms. The van der Waals surface area contributed by atoms with E-state index in [1.807, 2.05) is 0 Å². The van der Waals surface area contributed by atoms with Gasteiger partial charge in [0.1, 0.15) is 0 Å². The summed E-state index contributed by atoms with van der Waals surface area (Å²) in [6, 6.07) is 0. The van der Waals surface area contributed by atoms with Crippen molar-refractivity contribution in [2.75, 3.05) is 0 Å². The van der Waals surface area contributed by atoms with Gasteiger partial charge in [0.25, 0.3) is 0 Å². The number of carbonyl (C=O) groups excluding carboxylic acids is 1. The van der Waals surface area contributed by atoms with Gasteiger partial charge in [0, 0.05) is 0 Å². The van der Waals surface area contributed by atoms with Gasteiger partial charge in [-0.3, -0.25) is 0 Å². The van der Waals surface area contributed by atoms with Gasteiger partial charge in [-0.05, 0) is 56.3 Å². The molecular weight excluding hydrogens is 236 g/mol. The van der Waals surface area contributed by atoms with Crippen molar-refractivity contribution < 1.29 is 9.90 Å². The van der Waals surface area contributed by atoms with E-state index in [0.29, 0.717) is 17.8 Å². The lowest BCUT2D eigenvalue weighted by molar-refractivity contribution is -0.171. The minimum absolute atomic E-state index is 0.420. The first-order chi connectivity index (χ1) is 9.26. The van der Waals surface area contributed by atoms with Crippen LogP contribution >= 0.6 is 0 Å². The molecule has 3 aliphatic carbocycles. The third kappa shape index (κ3) is 2.11. The molecule has 3 saturated carbocycles. The van der Waals surface area contributed by atoms with Crippen LogP contribution in [0.5, 0.6) is 0 Å². The van der Waals surface area contributed by atoms with E-state index in [0.717, 1.165) is 38.5 Å². The van der Waals surface area contributed by atoms with Crippen LogP contribution in [0.4, 0.5) is 0 Å². The van der Waals surface area contributed by atoms with Gasteiger partial charge in [-0.2, -0.15) is 0 Å². The highest BCUT2D eigenvalue weighted by atomic mass is 16.4. The van der Waals surface area contributed by atoms with E-state index in [2.05, 4.69) is 0 Å². The predicted molar refractivity (Wildman–Crippen MR) is 74.0 cm³/mol. The zero-order valence-electron chi connectivity index (χ0n) is 12.0. The lowest BCUT2D eigenvalue weighted by Crippen LogP contribution is -2.48. The summed E-state index contributed by atoms with van der Waals surface area (Å²) in [5.41, 5.74) is -0.455. The zero-order chi connectivity index (χ0) is 13.3. The van der Waals surface area contributed by atoms with Crippen molar-refractivity contribution >= 4 is 5.97 Å². The average Bonchev–Trinajstić information content (AvgIpc) is 3.15. The summed E-state index contributed by atoms with van der Waals surface area (Å²) < 4.78 is 0. The lowest BCUT2D eigenvalue weighted by Gasteiger charge is -2.44. The Bertz CT molecular complexity index is 277. The van der Waals surface area contributed by atoms with E-state index in [-0.39, 0.29) is 0 Å². The normalized spacial score (nSPS) is 27.4. The first-order valence-electron chi connectivity index (χ1n) is 8.47. The zero-order valence-corrected chi connectivity index (χ0v) is 12.0.